The number of aryl methyl sites for hydroxylation is 2. The minimum absolute atomic E-state index is 0.0332. The minimum atomic E-state index is -0.0804. The van der Waals surface area contributed by atoms with Crippen molar-refractivity contribution in [3.63, 3.8) is 0 Å². The van der Waals surface area contributed by atoms with Crippen LogP contribution in [0.15, 0.2) is 18.6 Å². The number of carbonyl (C=O) groups is 1. The zero-order valence-electron chi connectivity index (χ0n) is 12.2. The third kappa shape index (κ3) is 2.98. The summed E-state index contributed by atoms with van der Waals surface area (Å²) in [4.78, 5) is 17.9. The van der Waals surface area contributed by atoms with E-state index in [-0.39, 0.29) is 17.7 Å². The van der Waals surface area contributed by atoms with Crippen LogP contribution < -0.4 is 10.6 Å². The molecule has 2 N–H and O–H groups in total. The predicted octanol–water partition coefficient (Wildman–Crippen LogP) is 1.38. The summed E-state index contributed by atoms with van der Waals surface area (Å²) < 4.78 is 1.77. The first kappa shape index (κ1) is 14.2. The average Bonchev–Trinajstić information content (AvgIpc) is 3.17. The van der Waals surface area contributed by atoms with Crippen LogP contribution in [-0.2, 0) is 18.3 Å². The van der Waals surface area contributed by atoms with Gasteiger partial charge < -0.3 is 10.6 Å². The number of rotatable bonds is 4. The van der Waals surface area contributed by atoms with E-state index in [2.05, 4.69) is 27.6 Å². The molecule has 2 atom stereocenters. The van der Waals surface area contributed by atoms with Crippen molar-refractivity contribution in [2.75, 3.05) is 18.4 Å². The average molecular weight is 305 g/mol. The van der Waals surface area contributed by atoms with Crippen LogP contribution in [0, 0.1) is 5.92 Å². The molecule has 2 aromatic rings. The highest BCUT2D eigenvalue weighted by Gasteiger charge is 2.35. The molecule has 3 rings (SSSR count). The third-order valence-corrected chi connectivity index (χ3v) is 4.89. The van der Waals surface area contributed by atoms with Gasteiger partial charge in [0, 0.05) is 43.3 Å². The van der Waals surface area contributed by atoms with Crippen LogP contribution in [0.4, 0.5) is 5.13 Å². The fraction of sp³-hybridized carbons (Fsp3) is 0.500. The fourth-order valence-electron chi connectivity index (χ4n) is 2.66. The van der Waals surface area contributed by atoms with E-state index in [0.29, 0.717) is 11.7 Å². The summed E-state index contributed by atoms with van der Waals surface area (Å²) in [5.41, 5.74) is 1.11. The molecule has 3 heterocycles. The normalized spacial score (nSPS) is 21.6. The molecule has 0 bridgehead atoms. The number of thiazole rings is 1. The lowest BCUT2D eigenvalue weighted by Crippen LogP contribution is -2.27. The summed E-state index contributed by atoms with van der Waals surface area (Å²) in [7, 11) is 1.89. The van der Waals surface area contributed by atoms with E-state index < -0.39 is 0 Å². The van der Waals surface area contributed by atoms with Gasteiger partial charge in [0.2, 0.25) is 5.91 Å². The number of aromatic nitrogens is 3. The monoisotopic (exact) mass is 305 g/mol. The molecule has 0 aromatic carbocycles. The highest BCUT2D eigenvalue weighted by Crippen LogP contribution is 2.29. The molecular weight excluding hydrogens is 286 g/mol. The molecule has 1 saturated heterocycles. The molecule has 0 unspecified atom stereocenters. The molecule has 1 fully saturated rings. The second-order valence-electron chi connectivity index (χ2n) is 5.29. The van der Waals surface area contributed by atoms with Crippen LogP contribution >= 0.6 is 11.3 Å². The fourth-order valence-corrected chi connectivity index (χ4v) is 3.42. The number of anilines is 1. The van der Waals surface area contributed by atoms with Crippen molar-refractivity contribution in [3.8, 4) is 0 Å². The van der Waals surface area contributed by atoms with Crippen molar-refractivity contribution in [1.29, 1.82) is 0 Å². The van der Waals surface area contributed by atoms with Crippen molar-refractivity contribution in [3.05, 3.63) is 29.0 Å². The van der Waals surface area contributed by atoms with Crippen LogP contribution in [0.25, 0.3) is 0 Å². The smallest absolute Gasteiger partial charge is 0.231 e. The number of nitrogens with one attached hydrogen (secondary N) is 2. The van der Waals surface area contributed by atoms with Crippen LogP contribution in [0.2, 0.25) is 0 Å². The molecular formula is C14H19N5OS. The molecule has 7 heteroatoms. The Morgan fingerprint density at radius 2 is 2.38 bits per heavy atom. The lowest BCUT2D eigenvalue weighted by Gasteiger charge is -2.15. The van der Waals surface area contributed by atoms with E-state index in [4.69, 9.17) is 0 Å². The van der Waals surface area contributed by atoms with Gasteiger partial charge in [-0.25, -0.2) is 4.98 Å². The topological polar surface area (TPSA) is 71.8 Å². The Hall–Kier alpha value is -1.73. The molecule has 1 aliphatic heterocycles. The van der Waals surface area contributed by atoms with Gasteiger partial charge in [0.05, 0.1) is 12.1 Å². The van der Waals surface area contributed by atoms with Gasteiger partial charge in [-0.2, -0.15) is 5.10 Å². The lowest BCUT2D eigenvalue weighted by atomic mass is 9.90. The van der Waals surface area contributed by atoms with Crippen LogP contribution in [0.1, 0.15) is 23.3 Å². The van der Waals surface area contributed by atoms with Gasteiger partial charge >= 0.3 is 0 Å². The van der Waals surface area contributed by atoms with Gasteiger partial charge in [-0.15, -0.1) is 11.3 Å². The molecule has 0 radical (unpaired) electrons. The van der Waals surface area contributed by atoms with E-state index in [1.165, 1.54) is 4.88 Å². The van der Waals surface area contributed by atoms with Crippen molar-refractivity contribution in [1.82, 2.24) is 20.1 Å². The molecule has 21 heavy (non-hydrogen) atoms. The van der Waals surface area contributed by atoms with Crippen LogP contribution in [0.5, 0.6) is 0 Å². The van der Waals surface area contributed by atoms with E-state index >= 15 is 0 Å². The van der Waals surface area contributed by atoms with Gasteiger partial charge in [-0.1, -0.05) is 6.92 Å². The summed E-state index contributed by atoms with van der Waals surface area (Å²) in [5, 5.41) is 11.1. The summed E-state index contributed by atoms with van der Waals surface area (Å²) in [5.74, 6) is 0.123. The van der Waals surface area contributed by atoms with E-state index in [0.717, 1.165) is 18.5 Å². The Kier molecular flexibility index (Phi) is 4.03. The van der Waals surface area contributed by atoms with Gasteiger partial charge in [-0.05, 0) is 12.0 Å². The minimum Gasteiger partial charge on any atom is -0.315 e. The standard InChI is InChI=1S/C14H19N5OS/c1-3-10-5-16-14(21-10)18-13(20)12-7-15-6-11(12)9-4-17-19(2)8-9/h4-5,8,11-12,15H,3,6-7H2,1-2H3,(H,16,18,20)/t11-,12+/m1/s1. The second-order valence-corrected chi connectivity index (χ2v) is 6.41. The summed E-state index contributed by atoms with van der Waals surface area (Å²) >= 11 is 1.54. The Balaban J connectivity index is 1.71. The zero-order chi connectivity index (χ0) is 14.8. The summed E-state index contributed by atoms with van der Waals surface area (Å²) in [6, 6.07) is 0. The first-order chi connectivity index (χ1) is 10.2. The molecule has 112 valence electrons. The van der Waals surface area contributed by atoms with E-state index in [9.17, 15) is 4.79 Å². The maximum absolute atomic E-state index is 12.5. The van der Waals surface area contributed by atoms with Gasteiger partial charge in [0.25, 0.3) is 0 Å². The molecule has 1 amide bonds. The quantitative estimate of drug-likeness (QED) is 0.895. The number of carbonyl (C=O) groups excluding carboxylic acids is 1. The molecule has 0 spiro atoms. The predicted molar refractivity (Wildman–Crippen MR) is 82.4 cm³/mol. The van der Waals surface area contributed by atoms with Crippen molar-refractivity contribution < 1.29 is 4.79 Å². The summed E-state index contributed by atoms with van der Waals surface area (Å²) in [6.45, 7) is 3.58. The van der Waals surface area contributed by atoms with Gasteiger partial charge in [0.1, 0.15) is 0 Å². The van der Waals surface area contributed by atoms with Crippen molar-refractivity contribution >= 4 is 22.4 Å². The Morgan fingerprint density at radius 3 is 3.05 bits per heavy atom. The summed E-state index contributed by atoms with van der Waals surface area (Å²) in [6.07, 6.45) is 6.59. The number of amides is 1. The van der Waals surface area contributed by atoms with Crippen molar-refractivity contribution in [2.45, 2.75) is 19.3 Å². The lowest BCUT2D eigenvalue weighted by molar-refractivity contribution is -0.119. The van der Waals surface area contributed by atoms with Crippen molar-refractivity contribution in [2.24, 2.45) is 13.0 Å². The SMILES string of the molecule is CCc1cnc(NC(=O)[C@H]2CNC[C@@H]2c2cnn(C)c2)s1. The van der Waals surface area contributed by atoms with Crippen LogP contribution in [-0.4, -0.2) is 33.8 Å². The maximum atomic E-state index is 12.5. The number of hydrogen-bond acceptors (Lipinski definition) is 5. The Morgan fingerprint density at radius 1 is 1.52 bits per heavy atom. The van der Waals surface area contributed by atoms with Gasteiger partial charge in [0.15, 0.2) is 5.13 Å². The highest BCUT2D eigenvalue weighted by atomic mass is 32.1. The number of hydrogen-bond donors (Lipinski definition) is 2. The Labute approximate surface area is 127 Å². The number of nitrogens with zero attached hydrogens (tertiary/aromatic N) is 3. The first-order valence-corrected chi connectivity index (χ1v) is 7.94. The second kappa shape index (κ2) is 5.95. The van der Waals surface area contributed by atoms with Gasteiger partial charge in [-0.3, -0.25) is 9.48 Å². The Bertz CT molecular complexity index is 635. The van der Waals surface area contributed by atoms with E-state index in [1.807, 2.05) is 25.6 Å². The third-order valence-electron chi connectivity index (χ3n) is 3.84. The molecule has 2 aromatic heterocycles. The zero-order valence-corrected chi connectivity index (χ0v) is 13.0. The molecule has 0 aliphatic carbocycles. The first-order valence-electron chi connectivity index (χ1n) is 7.12. The molecule has 6 nitrogen and oxygen atoms in total. The maximum Gasteiger partial charge on any atom is 0.231 e. The molecule has 0 saturated carbocycles. The van der Waals surface area contributed by atoms with E-state index in [1.54, 1.807) is 16.0 Å². The largest absolute Gasteiger partial charge is 0.315 e. The van der Waals surface area contributed by atoms with Crippen LogP contribution in [0.3, 0.4) is 0 Å². The highest BCUT2D eigenvalue weighted by molar-refractivity contribution is 7.15. The molecule has 1 aliphatic rings.